The number of amides is 3. The van der Waals surface area contributed by atoms with Crippen LogP contribution in [-0.2, 0) is 20.5 Å². The first-order valence-corrected chi connectivity index (χ1v) is 12.9. The number of rotatable bonds is 9. The van der Waals surface area contributed by atoms with Gasteiger partial charge in [0.2, 0.25) is 11.5 Å². The third-order valence-corrected chi connectivity index (χ3v) is 6.81. The molecule has 3 rings (SSSR count). The lowest BCUT2D eigenvalue weighted by atomic mass is 9.96. The molecule has 2 heterocycles. The number of carbonyl (C=O) groups is 3. The first kappa shape index (κ1) is 32.6. The van der Waals surface area contributed by atoms with Gasteiger partial charge < -0.3 is 29.9 Å². The summed E-state index contributed by atoms with van der Waals surface area (Å²) in [6.45, 7) is 7.75. The van der Waals surface area contributed by atoms with Crippen molar-refractivity contribution in [2.24, 2.45) is 0 Å². The summed E-state index contributed by atoms with van der Waals surface area (Å²) >= 11 is 0. The topological polar surface area (TPSA) is 100 Å². The van der Waals surface area contributed by atoms with Gasteiger partial charge in [-0.25, -0.2) is 0 Å². The largest absolute Gasteiger partial charge is 0.473 e. The summed E-state index contributed by atoms with van der Waals surface area (Å²) in [5, 5.41) is 5.88. The van der Waals surface area contributed by atoms with Crippen molar-refractivity contribution in [3.8, 4) is 5.75 Å². The fraction of sp³-hybridized carbons (Fsp3) is 0.654. The molecule has 0 unspecified atom stereocenters. The molecule has 3 amide bonds. The summed E-state index contributed by atoms with van der Waals surface area (Å²) in [5.74, 6) is -1.73. The normalized spacial score (nSPS) is 21.1. The summed E-state index contributed by atoms with van der Waals surface area (Å²) in [6, 6.07) is 1.26. The number of benzene rings is 1. The van der Waals surface area contributed by atoms with Gasteiger partial charge in [-0.1, -0.05) is 6.92 Å². The number of nitrogens with zero attached hydrogens (tertiary/aromatic N) is 2. The fourth-order valence-electron chi connectivity index (χ4n) is 5.01. The van der Waals surface area contributed by atoms with Crippen molar-refractivity contribution >= 4 is 35.8 Å². The van der Waals surface area contributed by atoms with Crippen molar-refractivity contribution < 1.29 is 37.0 Å². The number of fused-ring (bicyclic) bond motifs is 1. The molecule has 2 atom stereocenters. The average molecular weight is 579 g/mol. The quantitative estimate of drug-likeness (QED) is 0.466. The minimum atomic E-state index is -4.85. The molecule has 0 bridgehead atoms. The number of carbonyl (C=O) groups excluding carboxylic acids is 3. The van der Waals surface area contributed by atoms with Crippen molar-refractivity contribution in [3.63, 3.8) is 0 Å². The second kappa shape index (κ2) is 13.2. The molecular formula is C26H38ClF3N4O5. The van der Waals surface area contributed by atoms with Crippen molar-refractivity contribution in [2.45, 2.75) is 70.8 Å². The number of hydrogen-bond acceptors (Lipinski definition) is 6. The van der Waals surface area contributed by atoms with Crippen LogP contribution < -0.4 is 20.3 Å². The highest BCUT2D eigenvalue weighted by atomic mass is 35.5. The van der Waals surface area contributed by atoms with E-state index >= 15 is 0 Å². The Morgan fingerprint density at radius 2 is 2.03 bits per heavy atom. The smallest absolute Gasteiger partial charge is 0.417 e. The fourth-order valence-corrected chi connectivity index (χ4v) is 5.01. The molecule has 1 aromatic carbocycles. The van der Waals surface area contributed by atoms with E-state index in [1.807, 2.05) is 0 Å². The number of halogens is 4. The first-order valence-electron chi connectivity index (χ1n) is 12.9. The van der Waals surface area contributed by atoms with Crippen LogP contribution in [0.4, 0.5) is 18.9 Å². The highest BCUT2D eigenvalue weighted by Gasteiger charge is 2.47. The van der Waals surface area contributed by atoms with Gasteiger partial charge in [-0.3, -0.25) is 14.4 Å². The van der Waals surface area contributed by atoms with E-state index in [0.29, 0.717) is 13.0 Å². The highest BCUT2D eigenvalue weighted by Crippen LogP contribution is 2.44. The number of piperidine rings is 1. The third kappa shape index (κ3) is 7.15. The Labute approximate surface area is 233 Å². The van der Waals surface area contributed by atoms with E-state index in [4.69, 9.17) is 9.47 Å². The Balaban J connectivity index is 0.00000533. The van der Waals surface area contributed by atoms with Crippen molar-refractivity contribution in [2.75, 3.05) is 44.8 Å². The Bertz CT molecular complexity index is 1050. The van der Waals surface area contributed by atoms with Crippen LogP contribution in [0.3, 0.4) is 0 Å². The minimum absolute atomic E-state index is 0. The molecule has 2 N–H and O–H groups in total. The van der Waals surface area contributed by atoms with Crippen LogP contribution in [0.1, 0.15) is 62.9 Å². The molecule has 2 aliphatic rings. The van der Waals surface area contributed by atoms with Crippen molar-refractivity contribution in [3.05, 3.63) is 23.3 Å². The van der Waals surface area contributed by atoms with Gasteiger partial charge in [0.25, 0.3) is 11.8 Å². The summed E-state index contributed by atoms with van der Waals surface area (Å²) in [5.41, 5.74) is -3.24. The van der Waals surface area contributed by atoms with Crippen LogP contribution in [0.2, 0.25) is 0 Å². The van der Waals surface area contributed by atoms with E-state index in [2.05, 4.69) is 10.6 Å². The van der Waals surface area contributed by atoms with Crippen LogP contribution in [0.5, 0.6) is 5.75 Å². The van der Waals surface area contributed by atoms with Crippen LogP contribution in [0.15, 0.2) is 12.1 Å². The molecule has 0 radical (unpaired) electrons. The van der Waals surface area contributed by atoms with Gasteiger partial charge in [0.1, 0.15) is 5.75 Å². The van der Waals surface area contributed by atoms with E-state index in [-0.39, 0.29) is 68.0 Å². The zero-order chi connectivity index (χ0) is 28.3. The maximum Gasteiger partial charge on any atom is 0.417 e. The third-order valence-electron chi connectivity index (χ3n) is 6.81. The van der Waals surface area contributed by atoms with Gasteiger partial charge in [-0.2, -0.15) is 13.2 Å². The number of ether oxygens (including phenoxy) is 2. The van der Waals surface area contributed by atoms with E-state index in [1.165, 1.54) is 23.8 Å². The van der Waals surface area contributed by atoms with E-state index in [1.54, 1.807) is 20.8 Å². The van der Waals surface area contributed by atoms with Crippen LogP contribution in [0, 0.1) is 0 Å². The molecule has 0 aliphatic carbocycles. The van der Waals surface area contributed by atoms with E-state index < -0.39 is 34.7 Å². The highest BCUT2D eigenvalue weighted by molar-refractivity contribution is 6.05. The predicted molar refractivity (Wildman–Crippen MR) is 142 cm³/mol. The Kier molecular flexibility index (Phi) is 11.0. The monoisotopic (exact) mass is 578 g/mol. The van der Waals surface area contributed by atoms with Crippen LogP contribution >= 0.6 is 12.4 Å². The maximum atomic E-state index is 14.3. The van der Waals surface area contributed by atoms with Gasteiger partial charge in [0.15, 0.2) is 0 Å². The number of nitrogens with one attached hydrogen (secondary N) is 2. The summed E-state index contributed by atoms with van der Waals surface area (Å²) < 4.78 is 54.0. The Hall–Kier alpha value is -2.57. The average Bonchev–Trinajstić information content (AvgIpc) is 2.85. The minimum Gasteiger partial charge on any atom is -0.473 e. The van der Waals surface area contributed by atoms with E-state index in [0.717, 1.165) is 25.1 Å². The predicted octanol–water partition coefficient (Wildman–Crippen LogP) is 3.39. The number of alkyl halides is 3. The molecule has 1 fully saturated rings. The zero-order valence-electron chi connectivity index (χ0n) is 22.9. The Morgan fingerprint density at radius 3 is 2.56 bits per heavy atom. The number of methoxy groups -OCH3 is 1. The van der Waals surface area contributed by atoms with Gasteiger partial charge in [0.05, 0.1) is 23.4 Å². The van der Waals surface area contributed by atoms with Crippen LogP contribution in [-0.4, -0.2) is 80.2 Å². The molecule has 9 nitrogen and oxygen atoms in total. The molecule has 39 heavy (non-hydrogen) atoms. The second-order valence-corrected chi connectivity index (χ2v) is 10.1. The molecule has 0 aromatic heterocycles. The molecule has 1 saturated heterocycles. The lowest BCUT2D eigenvalue weighted by Crippen LogP contribution is -2.58. The lowest BCUT2D eigenvalue weighted by Gasteiger charge is -2.41. The molecule has 0 spiro atoms. The van der Waals surface area contributed by atoms with Gasteiger partial charge in [0, 0.05) is 45.2 Å². The molecule has 13 heteroatoms. The maximum absolute atomic E-state index is 14.3. The SMILES string of the molecule is CCC(=O)NCCN1C(=O)[C@](C)(COC)Oc2cc(C(F)(F)F)c(C(=O)N(C(C)C)[C@@H]3CCCNC3)cc21.Cl. The zero-order valence-corrected chi connectivity index (χ0v) is 23.8. The summed E-state index contributed by atoms with van der Waals surface area (Å²) in [7, 11) is 1.35. The number of anilines is 1. The molecular weight excluding hydrogens is 541 g/mol. The summed E-state index contributed by atoms with van der Waals surface area (Å²) in [4.78, 5) is 41.8. The molecule has 0 saturated carbocycles. The first-order chi connectivity index (χ1) is 17.8. The standard InChI is InChI=1S/C26H37F3N4O5.ClH/c1-6-22(34)31-10-11-32-20-12-18(23(35)33(16(2)3)17-8-7-9-30-14-17)19(26(27,28)29)13-21(20)38-25(4,15-37-5)24(32)36;/h12-13,16-17,30H,6-11,14-15H2,1-5H3,(H,31,34);1H/t17-,25+;/m1./s1. The molecule has 220 valence electrons. The van der Waals surface area contributed by atoms with Gasteiger partial charge >= 0.3 is 6.18 Å². The number of hydrogen-bond donors (Lipinski definition) is 2. The van der Waals surface area contributed by atoms with Gasteiger partial charge in [-0.05, 0) is 52.3 Å². The second-order valence-electron chi connectivity index (χ2n) is 10.1. The summed E-state index contributed by atoms with van der Waals surface area (Å²) in [6.07, 6.45) is -3.14. The van der Waals surface area contributed by atoms with Crippen molar-refractivity contribution in [1.82, 2.24) is 15.5 Å². The Morgan fingerprint density at radius 1 is 1.33 bits per heavy atom. The van der Waals surface area contributed by atoms with E-state index in [9.17, 15) is 27.6 Å². The lowest BCUT2D eigenvalue weighted by molar-refractivity contribution is -0.140. The molecule has 2 aliphatic heterocycles. The van der Waals surface area contributed by atoms with Crippen molar-refractivity contribution in [1.29, 1.82) is 0 Å². The molecule has 1 aromatic rings. The van der Waals surface area contributed by atoms with Gasteiger partial charge in [-0.15, -0.1) is 12.4 Å². The van der Waals surface area contributed by atoms with Crippen LogP contribution in [0.25, 0.3) is 0 Å².